The fraction of sp³-hybridized carbons (Fsp3) is 0.571. The Morgan fingerprint density at radius 1 is 1.41 bits per heavy atom. The highest BCUT2D eigenvalue weighted by molar-refractivity contribution is 5.20. The predicted octanol–water partition coefficient (Wildman–Crippen LogP) is 3.04. The van der Waals surface area contributed by atoms with Crippen LogP contribution < -0.4 is 5.32 Å². The lowest BCUT2D eigenvalue weighted by Crippen LogP contribution is -2.29. The number of nitrogens with one attached hydrogen (secondary N) is 1. The highest BCUT2D eigenvalue weighted by Crippen LogP contribution is 2.20. The Bertz CT molecular complexity index is 369. The largest absolute Gasteiger partial charge is 0.374 e. The van der Waals surface area contributed by atoms with Gasteiger partial charge in [-0.1, -0.05) is 18.2 Å². The number of hydrogen-bond donors (Lipinski definition) is 1. The standard InChI is InChI=1S/C14H20FNO/c1-10-7-8-12(17-10)9-16-11(2)13-5-3-4-6-14(13)15/h3-6,10-12,16H,7-9H2,1-2H3. The van der Waals surface area contributed by atoms with Gasteiger partial charge in [0.15, 0.2) is 0 Å². The molecule has 1 aromatic carbocycles. The van der Waals surface area contributed by atoms with Gasteiger partial charge >= 0.3 is 0 Å². The van der Waals surface area contributed by atoms with Gasteiger partial charge in [0.05, 0.1) is 12.2 Å². The van der Waals surface area contributed by atoms with Crippen molar-refractivity contribution >= 4 is 0 Å². The Kier molecular flexibility index (Phi) is 4.13. The van der Waals surface area contributed by atoms with Crippen LogP contribution in [0.5, 0.6) is 0 Å². The maximum Gasteiger partial charge on any atom is 0.127 e. The molecule has 0 spiro atoms. The second-order valence-corrected chi connectivity index (χ2v) is 4.80. The molecular weight excluding hydrogens is 217 g/mol. The molecule has 3 atom stereocenters. The predicted molar refractivity (Wildman–Crippen MR) is 66.4 cm³/mol. The maximum absolute atomic E-state index is 13.5. The smallest absolute Gasteiger partial charge is 0.127 e. The fourth-order valence-corrected chi connectivity index (χ4v) is 2.28. The normalized spacial score (nSPS) is 26.1. The van der Waals surface area contributed by atoms with Gasteiger partial charge in [0, 0.05) is 18.2 Å². The van der Waals surface area contributed by atoms with Crippen molar-refractivity contribution in [3.63, 3.8) is 0 Å². The van der Waals surface area contributed by atoms with Gasteiger partial charge in [-0.15, -0.1) is 0 Å². The average molecular weight is 237 g/mol. The van der Waals surface area contributed by atoms with E-state index in [9.17, 15) is 4.39 Å². The molecular formula is C14H20FNO. The molecule has 0 radical (unpaired) electrons. The minimum atomic E-state index is -0.145. The number of hydrogen-bond acceptors (Lipinski definition) is 2. The van der Waals surface area contributed by atoms with Crippen LogP contribution in [-0.4, -0.2) is 18.8 Å². The van der Waals surface area contributed by atoms with Crippen LogP contribution in [0.4, 0.5) is 4.39 Å². The van der Waals surface area contributed by atoms with Gasteiger partial charge in [0.1, 0.15) is 5.82 Å². The molecule has 3 heteroatoms. The number of halogens is 1. The van der Waals surface area contributed by atoms with Crippen LogP contribution in [0, 0.1) is 5.82 Å². The average Bonchev–Trinajstić information content (AvgIpc) is 2.73. The van der Waals surface area contributed by atoms with Crippen molar-refractivity contribution in [3.8, 4) is 0 Å². The summed E-state index contributed by atoms with van der Waals surface area (Å²) in [5.41, 5.74) is 0.721. The molecule has 0 amide bonds. The molecule has 94 valence electrons. The first-order chi connectivity index (χ1) is 8.16. The molecule has 3 unspecified atom stereocenters. The molecule has 1 saturated heterocycles. The highest BCUT2D eigenvalue weighted by atomic mass is 19.1. The number of benzene rings is 1. The van der Waals surface area contributed by atoms with Gasteiger partial charge in [0.2, 0.25) is 0 Å². The molecule has 1 aromatic rings. The topological polar surface area (TPSA) is 21.3 Å². The Morgan fingerprint density at radius 2 is 2.18 bits per heavy atom. The summed E-state index contributed by atoms with van der Waals surface area (Å²) >= 11 is 0. The lowest BCUT2D eigenvalue weighted by atomic mass is 10.1. The molecule has 2 nitrogen and oxygen atoms in total. The van der Waals surface area contributed by atoms with E-state index in [4.69, 9.17) is 4.74 Å². The number of ether oxygens (including phenoxy) is 1. The zero-order valence-electron chi connectivity index (χ0n) is 10.4. The summed E-state index contributed by atoms with van der Waals surface area (Å²) in [5, 5.41) is 3.34. The van der Waals surface area contributed by atoms with Gasteiger partial charge < -0.3 is 10.1 Å². The molecule has 0 aliphatic carbocycles. The summed E-state index contributed by atoms with van der Waals surface area (Å²) in [6.07, 6.45) is 2.86. The van der Waals surface area contributed by atoms with E-state index in [1.165, 1.54) is 6.07 Å². The summed E-state index contributed by atoms with van der Waals surface area (Å²) in [4.78, 5) is 0. The van der Waals surface area contributed by atoms with Crippen molar-refractivity contribution in [1.82, 2.24) is 5.32 Å². The Labute approximate surface area is 102 Å². The molecule has 0 saturated carbocycles. The van der Waals surface area contributed by atoms with Crippen LogP contribution in [0.25, 0.3) is 0 Å². The van der Waals surface area contributed by atoms with E-state index in [0.717, 1.165) is 24.9 Å². The fourth-order valence-electron chi connectivity index (χ4n) is 2.28. The van der Waals surface area contributed by atoms with Crippen LogP contribution in [0.3, 0.4) is 0 Å². The van der Waals surface area contributed by atoms with E-state index in [1.54, 1.807) is 6.07 Å². The molecule has 1 aliphatic heterocycles. The Balaban J connectivity index is 1.85. The van der Waals surface area contributed by atoms with Crippen molar-refractivity contribution in [3.05, 3.63) is 35.6 Å². The van der Waals surface area contributed by atoms with Gasteiger partial charge in [-0.25, -0.2) is 4.39 Å². The minimum absolute atomic E-state index is 0.0238. The van der Waals surface area contributed by atoms with E-state index in [1.807, 2.05) is 19.1 Å². The summed E-state index contributed by atoms with van der Waals surface area (Å²) in [7, 11) is 0. The van der Waals surface area contributed by atoms with E-state index in [-0.39, 0.29) is 18.0 Å². The first kappa shape index (κ1) is 12.5. The highest BCUT2D eigenvalue weighted by Gasteiger charge is 2.22. The van der Waals surface area contributed by atoms with Gasteiger partial charge in [-0.05, 0) is 32.8 Å². The van der Waals surface area contributed by atoms with Gasteiger partial charge in [-0.2, -0.15) is 0 Å². The van der Waals surface area contributed by atoms with Crippen LogP contribution >= 0.6 is 0 Å². The lowest BCUT2D eigenvalue weighted by Gasteiger charge is -2.18. The van der Waals surface area contributed by atoms with Crippen LogP contribution in [0.1, 0.15) is 38.3 Å². The second-order valence-electron chi connectivity index (χ2n) is 4.80. The van der Waals surface area contributed by atoms with Crippen LogP contribution in [-0.2, 0) is 4.74 Å². The molecule has 1 fully saturated rings. The van der Waals surface area contributed by atoms with Crippen LogP contribution in [0.15, 0.2) is 24.3 Å². The lowest BCUT2D eigenvalue weighted by molar-refractivity contribution is 0.0546. The monoisotopic (exact) mass is 237 g/mol. The zero-order chi connectivity index (χ0) is 12.3. The molecule has 0 bridgehead atoms. The first-order valence-electron chi connectivity index (χ1n) is 6.30. The Morgan fingerprint density at radius 3 is 2.82 bits per heavy atom. The molecule has 1 aliphatic rings. The summed E-state index contributed by atoms with van der Waals surface area (Å²) in [6.45, 7) is 4.87. The van der Waals surface area contributed by atoms with Crippen molar-refractivity contribution < 1.29 is 9.13 Å². The maximum atomic E-state index is 13.5. The molecule has 0 aromatic heterocycles. The van der Waals surface area contributed by atoms with Crippen LogP contribution in [0.2, 0.25) is 0 Å². The van der Waals surface area contributed by atoms with Crippen molar-refractivity contribution in [1.29, 1.82) is 0 Å². The second kappa shape index (κ2) is 5.61. The van der Waals surface area contributed by atoms with Crippen molar-refractivity contribution in [2.24, 2.45) is 0 Å². The summed E-state index contributed by atoms with van der Waals surface area (Å²) in [5.74, 6) is -0.145. The van der Waals surface area contributed by atoms with E-state index in [0.29, 0.717) is 6.10 Å². The van der Waals surface area contributed by atoms with E-state index < -0.39 is 0 Å². The molecule has 2 rings (SSSR count). The first-order valence-corrected chi connectivity index (χ1v) is 6.30. The van der Waals surface area contributed by atoms with E-state index >= 15 is 0 Å². The quantitative estimate of drug-likeness (QED) is 0.869. The SMILES string of the molecule is CC1CCC(CNC(C)c2ccccc2F)O1. The van der Waals surface area contributed by atoms with Gasteiger partial charge in [-0.3, -0.25) is 0 Å². The molecule has 1 N–H and O–H groups in total. The number of rotatable bonds is 4. The van der Waals surface area contributed by atoms with Gasteiger partial charge in [0.25, 0.3) is 0 Å². The third-order valence-corrected chi connectivity index (χ3v) is 3.34. The van der Waals surface area contributed by atoms with Crippen molar-refractivity contribution in [2.45, 2.75) is 44.9 Å². The Hall–Kier alpha value is -0.930. The van der Waals surface area contributed by atoms with E-state index in [2.05, 4.69) is 12.2 Å². The molecule has 17 heavy (non-hydrogen) atoms. The third-order valence-electron chi connectivity index (χ3n) is 3.34. The zero-order valence-corrected chi connectivity index (χ0v) is 10.4. The van der Waals surface area contributed by atoms with Crippen molar-refractivity contribution in [2.75, 3.05) is 6.54 Å². The summed E-state index contributed by atoms with van der Waals surface area (Å²) in [6, 6.07) is 6.93. The third kappa shape index (κ3) is 3.27. The minimum Gasteiger partial charge on any atom is -0.374 e. The summed E-state index contributed by atoms with van der Waals surface area (Å²) < 4.78 is 19.3. The molecule has 1 heterocycles.